The third-order valence-corrected chi connectivity index (χ3v) is 2.22. The van der Waals surface area contributed by atoms with Crippen LogP contribution in [0.2, 0.25) is 0 Å². The first-order valence-corrected chi connectivity index (χ1v) is 5.24. The Morgan fingerprint density at radius 1 is 0.538 bits per heavy atom. The van der Waals surface area contributed by atoms with Crippen LogP contribution in [0, 0.1) is 0 Å². The maximum atomic E-state index is 2.92. The summed E-state index contributed by atoms with van der Waals surface area (Å²) in [6.45, 7) is 0. The molecule has 0 atom stereocenters. The molecule has 1 heterocycles. The average molecular weight is 177 g/mol. The second kappa shape index (κ2) is 7.66. The Morgan fingerprint density at radius 2 is 0.923 bits per heavy atom. The van der Waals surface area contributed by atoms with Crippen molar-refractivity contribution >= 4 is 0 Å². The van der Waals surface area contributed by atoms with Crippen molar-refractivity contribution in [1.82, 2.24) is 5.32 Å². The summed E-state index contributed by atoms with van der Waals surface area (Å²) in [7, 11) is 0. The second-order valence-corrected chi connectivity index (χ2v) is 3.39. The molecule has 0 spiro atoms. The van der Waals surface area contributed by atoms with Crippen LogP contribution < -0.4 is 5.32 Å². The number of hydrogen-bond donors (Lipinski definition) is 1. The molecule has 72 valence electrons. The highest BCUT2D eigenvalue weighted by molar-refractivity contribution is 5.14. The summed E-state index contributed by atoms with van der Waals surface area (Å²) in [5.41, 5.74) is 0. The number of rotatable bonds is 0. The molecule has 13 heavy (non-hydrogen) atoms. The van der Waals surface area contributed by atoms with Gasteiger partial charge in [0.25, 0.3) is 0 Å². The van der Waals surface area contributed by atoms with Crippen molar-refractivity contribution < 1.29 is 0 Å². The standard InChI is InChI=1S/C6H7N.C6H12/c1-2-4-6-7-5-3-1;1-2-4-6-5-3-1/h1-7H;1-6H2. The highest BCUT2D eigenvalue weighted by Crippen LogP contribution is 2.15. The zero-order valence-corrected chi connectivity index (χ0v) is 8.21. The van der Waals surface area contributed by atoms with Crippen LogP contribution in [0.15, 0.2) is 36.7 Å². The van der Waals surface area contributed by atoms with Crippen LogP contribution in [0.1, 0.15) is 38.5 Å². The fourth-order valence-electron chi connectivity index (χ4n) is 1.47. The van der Waals surface area contributed by atoms with Gasteiger partial charge >= 0.3 is 0 Å². The SMILES string of the molecule is C1=CC=CNC=C1.C1CCCCC1. The molecule has 0 amide bonds. The lowest BCUT2D eigenvalue weighted by atomic mass is 10.0. The topological polar surface area (TPSA) is 12.0 Å². The van der Waals surface area contributed by atoms with Gasteiger partial charge in [-0.05, 0) is 12.2 Å². The van der Waals surface area contributed by atoms with E-state index in [2.05, 4.69) is 5.32 Å². The van der Waals surface area contributed by atoms with Crippen molar-refractivity contribution in [2.75, 3.05) is 0 Å². The van der Waals surface area contributed by atoms with Crippen molar-refractivity contribution in [2.24, 2.45) is 0 Å². The molecule has 0 aromatic heterocycles. The van der Waals surface area contributed by atoms with E-state index in [1.165, 1.54) is 38.5 Å². The minimum absolute atomic E-state index is 1.50. The van der Waals surface area contributed by atoms with E-state index in [0.717, 1.165) is 0 Å². The summed E-state index contributed by atoms with van der Waals surface area (Å²) in [4.78, 5) is 0. The lowest BCUT2D eigenvalue weighted by Gasteiger charge is -2.05. The van der Waals surface area contributed by atoms with Crippen molar-refractivity contribution in [2.45, 2.75) is 38.5 Å². The van der Waals surface area contributed by atoms with Crippen molar-refractivity contribution in [3.63, 3.8) is 0 Å². The summed E-state index contributed by atoms with van der Waals surface area (Å²) in [6.07, 6.45) is 20.6. The molecule has 1 aliphatic heterocycles. The van der Waals surface area contributed by atoms with Gasteiger partial charge in [-0.2, -0.15) is 0 Å². The lowest BCUT2D eigenvalue weighted by Crippen LogP contribution is -1.87. The van der Waals surface area contributed by atoms with Crippen LogP contribution in [0.4, 0.5) is 0 Å². The molecule has 0 radical (unpaired) electrons. The molecule has 1 saturated carbocycles. The summed E-state index contributed by atoms with van der Waals surface area (Å²) < 4.78 is 0. The zero-order chi connectivity index (χ0) is 9.19. The largest absolute Gasteiger partial charge is 0.368 e. The van der Waals surface area contributed by atoms with Gasteiger partial charge in [0.1, 0.15) is 0 Å². The Labute approximate surface area is 81.2 Å². The van der Waals surface area contributed by atoms with Gasteiger partial charge in [0.2, 0.25) is 0 Å². The average Bonchev–Trinajstić information content (AvgIpc) is 2.53. The second-order valence-electron chi connectivity index (χ2n) is 3.39. The van der Waals surface area contributed by atoms with E-state index in [-0.39, 0.29) is 0 Å². The zero-order valence-electron chi connectivity index (χ0n) is 8.21. The number of allylic oxidation sites excluding steroid dienone is 4. The van der Waals surface area contributed by atoms with E-state index in [9.17, 15) is 0 Å². The van der Waals surface area contributed by atoms with Gasteiger partial charge in [-0.1, -0.05) is 50.7 Å². The van der Waals surface area contributed by atoms with E-state index < -0.39 is 0 Å². The molecule has 1 N–H and O–H groups in total. The molecule has 1 nitrogen and oxygen atoms in total. The number of hydrogen-bond acceptors (Lipinski definition) is 1. The lowest BCUT2D eigenvalue weighted by molar-refractivity contribution is 0.504. The molecule has 1 heteroatoms. The van der Waals surface area contributed by atoms with Crippen LogP contribution in [-0.2, 0) is 0 Å². The highest BCUT2D eigenvalue weighted by Gasteiger charge is 1.95. The molecule has 0 aromatic carbocycles. The van der Waals surface area contributed by atoms with Gasteiger partial charge in [0.05, 0.1) is 0 Å². The van der Waals surface area contributed by atoms with Gasteiger partial charge in [0, 0.05) is 12.4 Å². The Bertz CT molecular complexity index is 160. The first kappa shape index (κ1) is 10.1. The summed E-state index contributed by atoms with van der Waals surface area (Å²) in [6, 6.07) is 0. The van der Waals surface area contributed by atoms with Gasteiger partial charge in [0.15, 0.2) is 0 Å². The third kappa shape index (κ3) is 6.21. The molecule has 0 unspecified atom stereocenters. The van der Waals surface area contributed by atoms with Gasteiger partial charge in [-0.25, -0.2) is 0 Å². The maximum absolute atomic E-state index is 2.92. The van der Waals surface area contributed by atoms with E-state index in [0.29, 0.717) is 0 Å². The minimum Gasteiger partial charge on any atom is -0.368 e. The summed E-state index contributed by atoms with van der Waals surface area (Å²) in [5.74, 6) is 0. The smallest absolute Gasteiger partial charge is 0.000442 e. The van der Waals surface area contributed by atoms with Crippen molar-refractivity contribution in [3.05, 3.63) is 36.7 Å². The number of nitrogens with one attached hydrogen (secondary N) is 1. The van der Waals surface area contributed by atoms with E-state index >= 15 is 0 Å². The van der Waals surface area contributed by atoms with Crippen LogP contribution in [0.5, 0.6) is 0 Å². The van der Waals surface area contributed by atoms with Crippen molar-refractivity contribution in [3.8, 4) is 0 Å². The van der Waals surface area contributed by atoms with Gasteiger partial charge in [-0.3, -0.25) is 0 Å². The fraction of sp³-hybridized carbons (Fsp3) is 0.500. The Hall–Kier alpha value is -0.980. The van der Waals surface area contributed by atoms with Crippen LogP contribution in [0.25, 0.3) is 0 Å². The molecular weight excluding hydrogens is 158 g/mol. The molecule has 0 aromatic rings. The quantitative estimate of drug-likeness (QED) is 0.597. The van der Waals surface area contributed by atoms with Crippen molar-refractivity contribution in [1.29, 1.82) is 0 Å². The molecule has 2 rings (SSSR count). The first-order valence-electron chi connectivity index (χ1n) is 5.24. The normalized spacial score (nSPS) is 19.7. The highest BCUT2D eigenvalue weighted by atomic mass is 14.8. The molecule has 0 saturated heterocycles. The summed E-state index contributed by atoms with van der Waals surface area (Å²) in [5, 5.41) is 2.92. The monoisotopic (exact) mass is 177 g/mol. The Balaban J connectivity index is 0.000000132. The minimum atomic E-state index is 1.50. The predicted molar refractivity (Wildman–Crippen MR) is 58.3 cm³/mol. The first-order chi connectivity index (χ1) is 6.50. The molecule has 1 fully saturated rings. The van der Waals surface area contributed by atoms with Crippen LogP contribution in [-0.4, -0.2) is 0 Å². The third-order valence-electron chi connectivity index (χ3n) is 2.22. The summed E-state index contributed by atoms with van der Waals surface area (Å²) >= 11 is 0. The Morgan fingerprint density at radius 3 is 1.31 bits per heavy atom. The van der Waals surface area contributed by atoms with Crippen LogP contribution in [0.3, 0.4) is 0 Å². The maximum Gasteiger partial charge on any atom is 0.000442 e. The van der Waals surface area contributed by atoms with E-state index in [4.69, 9.17) is 0 Å². The molecule has 0 bridgehead atoms. The molecule has 1 aliphatic carbocycles. The fourth-order valence-corrected chi connectivity index (χ4v) is 1.47. The van der Waals surface area contributed by atoms with E-state index in [1.807, 2.05) is 36.7 Å². The predicted octanol–water partition coefficient (Wildman–Crippen LogP) is 3.51. The van der Waals surface area contributed by atoms with Gasteiger partial charge in [-0.15, -0.1) is 0 Å². The molecule has 2 aliphatic rings. The van der Waals surface area contributed by atoms with Gasteiger partial charge < -0.3 is 5.32 Å². The molecular formula is C12H19N. The Kier molecular flexibility index (Phi) is 5.95. The van der Waals surface area contributed by atoms with E-state index in [1.54, 1.807) is 0 Å². The van der Waals surface area contributed by atoms with Crippen LogP contribution >= 0.6 is 0 Å².